The molecule has 1 aliphatic carbocycles. The molecular weight excluding hydrogens is 498 g/mol. The number of ether oxygens (including phenoxy) is 1. The highest BCUT2D eigenvalue weighted by molar-refractivity contribution is 7.89. The lowest BCUT2D eigenvalue weighted by Gasteiger charge is -2.37. The van der Waals surface area contributed by atoms with Crippen LogP contribution in [0.1, 0.15) is 46.5 Å². The Kier molecular flexibility index (Phi) is 8.49. The van der Waals surface area contributed by atoms with Gasteiger partial charge in [0.2, 0.25) is 10.0 Å². The van der Waals surface area contributed by atoms with Crippen molar-refractivity contribution in [2.45, 2.75) is 57.0 Å². The third-order valence-electron chi connectivity index (χ3n) is 7.16. The first-order chi connectivity index (χ1) is 17.0. The number of sulfonamides is 1. The van der Waals surface area contributed by atoms with Crippen LogP contribution in [-0.2, 0) is 14.8 Å². The van der Waals surface area contributed by atoms with Gasteiger partial charge in [0.05, 0.1) is 4.90 Å². The van der Waals surface area contributed by atoms with Gasteiger partial charge >= 0.3 is 6.09 Å². The first kappa shape index (κ1) is 27.2. The molecule has 0 aromatic heterocycles. The van der Waals surface area contributed by atoms with Gasteiger partial charge in [0.15, 0.2) is 0 Å². The Labute approximate surface area is 220 Å². The third kappa shape index (κ3) is 7.12. The number of hydrogen-bond donors (Lipinski definition) is 1. The largest absolute Gasteiger partial charge is 0.444 e. The zero-order valence-electron chi connectivity index (χ0n) is 21.5. The van der Waals surface area contributed by atoms with Gasteiger partial charge in [-0.15, -0.1) is 0 Å². The molecule has 1 saturated heterocycles. The van der Waals surface area contributed by atoms with Gasteiger partial charge in [-0.05, 0) is 93.3 Å². The Bertz CT molecular complexity index is 1170. The number of piperazine rings is 1. The monoisotopic (exact) mass is 535 g/mol. The number of carbonyl (C=O) groups is 1. The van der Waals surface area contributed by atoms with E-state index in [1.807, 2.05) is 39.0 Å². The van der Waals surface area contributed by atoms with Crippen molar-refractivity contribution in [1.82, 2.24) is 14.5 Å². The van der Waals surface area contributed by atoms with E-state index in [4.69, 9.17) is 16.3 Å². The summed E-state index contributed by atoms with van der Waals surface area (Å²) in [5.74, 6) is 1.12. The Balaban J connectivity index is 1.22. The zero-order valence-corrected chi connectivity index (χ0v) is 23.1. The van der Waals surface area contributed by atoms with Crippen LogP contribution in [-0.4, -0.2) is 68.6 Å². The third-order valence-corrected chi connectivity index (χ3v) is 9.29. The van der Waals surface area contributed by atoms with Crippen LogP contribution in [0.5, 0.6) is 0 Å². The number of benzene rings is 2. The first-order valence-corrected chi connectivity index (χ1v) is 14.7. The lowest BCUT2D eigenvalue weighted by molar-refractivity contribution is 0.0511. The zero-order chi connectivity index (χ0) is 25.9. The van der Waals surface area contributed by atoms with E-state index >= 15 is 0 Å². The summed E-state index contributed by atoms with van der Waals surface area (Å²) in [6.45, 7) is 9.81. The van der Waals surface area contributed by atoms with Gasteiger partial charge in [-0.1, -0.05) is 23.7 Å². The van der Waals surface area contributed by atoms with Crippen LogP contribution >= 0.6 is 11.6 Å². The van der Waals surface area contributed by atoms with E-state index < -0.39 is 15.6 Å². The average molecular weight is 536 g/mol. The number of fused-ring (bicyclic) bond motifs is 1. The van der Waals surface area contributed by atoms with Crippen molar-refractivity contribution in [2.75, 3.05) is 39.3 Å². The van der Waals surface area contributed by atoms with Crippen molar-refractivity contribution < 1.29 is 17.9 Å². The van der Waals surface area contributed by atoms with Crippen molar-refractivity contribution in [1.29, 1.82) is 0 Å². The van der Waals surface area contributed by atoms with Crippen LogP contribution in [0.25, 0.3) is 10.8 Å². The van der Waals surface area contributed by atoms with E-state index in [0.29, 0.717) is 41.4 Å². The number of amides is 1. The molecule has 1 heterocycles. The molecule has 0 spiro atoms. The second-order valence-corrected chi connectivity index (χ2v) is 13.5. The van der Waals surface area contributed by atoms with E-state index in [9.17, 15) is 13.2 Å². The molecule has 198 valence electrons. The minimum atomic E-state index is -3.52. The second-order valence-electron chi connectivity index (χ2n) is 11.1. The Morgan fingerprint density at radius 1 is 0.972 bits per heavy atom. The van der Waals surface area contributed by atoms with Crippen molar-refractivity contribution in [3.05, 3.63) is 41.4 Å². The Morgan fingerprint density at radius 3 is 2.25 bits per heavy atom. The summed E-state index contributed by atoms with van der Waals surface area (Å²) >= 11 is 6.05. The van der Waals surface area contributed by atoms with Crippen LogP contribution in [0.3, 0.4) is 0 Å². The maximum atomic E-state index is 13.3. The number of alkyl carbamates (subject to hydrolysis) is 1. The molecule has 0 bridgehead atoms. The van der Waals surface area contributed by atoms with Gasteiger partial charge in [0.1, 0.15) is 5.60 Å². The molecule has 2 aliphatic rings. The van der Waals surface area contributed by atoms with Gasteiger partial charge in [-0.2, -0.15) is 4.31 Å². The molecule has 0 unspecified atom stereocenters. The Morgan fingerprint density at radius 2 is 1.58 bits per heavy atom. The van der Waals surface area contributed by atoms with Crippen LogP contribution < -0.4 is 5.32 Å². The first-order valence-electron chi connectivity index (χ1n) is 12.9. The molecule has 2 fully saturated rings. The number of nitrogens with zero attached hydrogens (tertiary/aromatic N) is 2. The number of carbonyl (C=O) groups excluding carboxylic acids is 1. The van der Waals surface area contributed by atoms with Gasteiger partial charge in [0, 0.05) is 44.3 Å². The van der Waals surface area contributed by atoms with Crippen LogP contribution in [0, 0.1) is 11.8 Å². The summed E-state index contributed by atoms with van der Waals surface area (Å²) in [4.78, 5) is 14.6. The number of halogens is 1. The lowest BCUT2D eigenvalue weighted by Crippen LogP contribution is -2.49. The van der Waals surface area contributed by atoms with Gasteiger partial charge < -0.3 is 15.0 Å². The van der Waals surface area contributed by atoms with E-state index in [1.54, 1.807) is 22.5 Å². The van der Waals surface area contributed by atoms with Crippen molar-refractivity contribution in [3.63, 3.8) is 0 Å². The molecule has 4 rings (SSSR count). The fourth-order valence-corrected chi connectivity index (χ4v) is 6.82. The van der Waals surface area contributed by atoms with Crippen LogP contribution in [0.2, 0.25) is 5.02 Å². The summed E-state index contributed by atoms with van der Waals surface area (Å²) < 4.78 is 33.5. The minimum Gasteiger partial charge on any atom is -0.444 e. The topological polar surface area (TPSA) is 79.0 Å². The molecule has 0 radical (unpaired) electrons. The molecular formula is C27H38ClN3O4S. The van der Waals surface area contributed by atoms with Crippen molar-refractivity contribution >= 4 is 38.5 Å². The van der Waals surface area contributed by atoms with E-state index in [0.717, 1.165) is 56.1 Å². The molecule has 36 heavy (non-hydrogen) atoms. The fourth-order valence-electron chi connectivity index (χ4n) is 5.18. The highest BCUT2D eigenvalue weighted by Gasteiger charge is 2.30. The molecule has 7 nitrogen and oxygen atoms in total. The Hall–Kier alpha value is -1.87. The molecule has 2 aromatic carbocycles. The summed E-state index contributed by atoms with van der Waals surface area (Å²) in [6.07, 6.45) is 4.13. The predicted octanol–water partition coefficient (Wildman–Crippen LogP) is 5.13. The summed E-state index contributed by atoms with van der Waals surface area (Å²) in [5.41, 5.74) is -0.477. The average Bonchev–Trinajstić information content (AvgIpc) is 2.82. The molecule has 1 N–H and O–H groups in total. The predicted molar refractivity (Wildman–Crippen MR) is 144 cm³/mol. The van der Waals surface area contributed by atoms with Crippen LogP contribution in [0.15, 0.2) is 41.3 Å². The molecule has 1 aliphatic heterocycles. The highest BCUT2D eigenvalue weighted by Crippen LogP contribution is 2.30. The normalized spacial score (nSPS) is 22.4. The van der Waals surface area contributed by atoms with E-state index in [1.165, 1.54) is 0 Å². The second kappa shape index (κ2) is 11.3. The summed E-state index contributed by atoms with van der Waals surface area (Å²) in [6, 6.07) is 10.7. The van der Waals surface area contributed by atoms with Gasteiger partial charge in [-0.3, -0.25) is 0 Å². The quantitative estimate of drug-likeness (QED) is 0.554. The molecule has 0 atom stereocenters. The van der Waals surface area contributed by atoms with Gasteiger partial charge in [-0.25, -0.2) is 13.2 Å². The maximum absolute atomic E-state index is 13.3. The van der Waals surface area contributed by atoms with E-state index in [2.05, 4.69) is 10.2 Å². The molecule has 2 aromatic rings. The number of nitrogens with one attached hydrogen (secondary N) is 1. The molecule has 9 heteroatoms. The highest BCUT2D eigenvalue weighted by atomic mass is 35.5. The maximum Gasteiger partial charge on any atom is 0.407 e. The van der Waals surface area contributed by atoms with Gasteiger partial charge in [0.25, 0.3) is 0 Å². The van der Waals surface area contributed by atoms with E-state index in [-0.39, 0.29) is 6.09 Å². The smallest absolute Gasteiger partial charge is 0.407 e. The fraction of sp³-hybridized carbons (Fsp3) is 0.593. The molecule has 1 saturated carbocycles. The summed E-state index contributed by atoms with van der Waals surface area (Å²) in [5, 5.41) is 5.35. The number of hydrogen-bond acceptors (Lipinski definition) is 5. The molecule has 1 amide bonds. The SMILES string of the molecule is CC(C)(C)OC(=O)NCC1CCC(CN2CCN(S(=O)(=O)c3ccc4cc(Cl)ccc4c3)CC2)CC1. The standard InChI is InChI=1S/C27H38ClN3O4S/c1-27(2,3)35-26(32)29-18-20-4-6-21(7-5-20)19-30-12-14-31(15-13-30)36(33,34)25-11-9-22-16-24(28)10-8-23(22)17-25/h8-11,16-17,20-21H,4-7,12-15,18-19H2,1-3H3,(H,29,32). The van der Waals surface area contributed by atoms with Crippen molar-refractivity contribution in [2.24, 2.45) is 11.8 Å². The summed E-state index contributed by atoms with van der Waals surface area (Å²) in [7, 11) is -3.52. The lowest BCUT2D eigenvalue weighted by atomic mass is 9.81. The number of rotatable bonds is 6. The van der Waals surface area contributed by atoms with Crippen molar-refractivity contribution in [3.8, 4) is 0 Å². The van der Waals surface area contributed by atoms with Crippen LogP contribution in [0.4, 0.5) is 4.79 Å². The minimum absolute atomic E-state index is 0.337.